The number of nitrogens with zero attached hydrogens (tertiary/aromatic N) is 4. The number of hydrogen-bond acceptors (Lipinski definition) is 7. The monoisotopic (exact) mass is 550 g/mol. The molecular weight excluding hydrogens is 532 g/mol. The van der Waals surface area contributed by atoms with Gasteiger partial charge in [0.05, 0.1) is 22.0 Å². The van der Waals surface area contributed by atoms with Gasteiger partial charge in [-0.1, -0.05) is 54.1 Å². The molecule has 0 fully saturated rings. The fourth-order valence-electron chi connectivity index (χ4n) is 4.27. The van der Waals surface area contributed by atoms with Gasteiger partial charge in [0.15, 0.2) is 5.76 Å². The highest BCUT2D eigenvalue weighted by molar-refractivity contribution is 6.30. The molecule has 6 aromatic rings. The van der Waals surface area contributed by atoms with Crippen LogP contribution in [0.5, 0.6) is 5.75 Å². The molecule has 2 aromatic heterocycles. The summed E-state index contributed by atoms with van der Waals surface area (Å²) in [7, 11) is 0. The van der Waals surface area contributed by atoms with Crippen LogP contribution in [0.2, 0.25) is 5.02 Å². The molecule has 0 saturated carbocycles. The summed E-state index contributed by atoms with van der Waals surface area (Å²) >= 11 is 6.26. The van der Waals surface area contributed by atoms with Crippen molar-refractivity contribution in [3.05, 3.63) is 134 Å². The van der Waals surface area contributed by atoms with Gasteiger partial charge in [-0.2, -0.15) is 9.78 Å². The van der Waals surface area contributed by atoms with Crippen molar-refractivity contribution >= 4 is 45.4 Å². The molecular formula is C30H19ClN4O5. The van der Waals surface area contributed by atoms with E-state index in [-0.39, 0.29) is 23.7 Å². The third-order valence-corrected chi connectivity index (χ3v) is 6.43. The number of aromatic nitrogens is 2. The smallest absolute Gasteiger partial charge is 0.282 e. The lowest BCUT2D eigenvalue weighted by Crippen LogP contribution is -2.20. The summed E-state index contributed by atoms with van der Waals surface area (Å²) in [5.41, 5.74) is 1.88. The number of rotatable bonds is 7. The van der Waals surface area contributed by atoms with Crippen LogP contribution in [0.4, 0.5) is 5.69 Å². The minimum Gasteiger partial charge on any atom is -0.488 e. The van der Waals surface area contributed by atoms with Gasteiger partial charge in [0.25, 0.3) is 11.2 Å². The summed E-state index contributed by atoms with van der Waals surface area (Å²) in [5.74, 6) is 1.04. The van der Waals surface area contributed by atoms with E-state index >= 15 is 0 Å². The van der Waals surface area contributed by atoms with E-state index in [1.165, 1.54) is 23.0 Å². The molecule has 0 aliphatic heterocycles. The second kappa shape index (κ2) is 10.5. The first kappa shape index (κ1) is 25.0. The third-order valence-electron chi connectivity index (χ3n) is 6.20. The van der Waals surface area contributed by atoms with Crippen LogP contribution in [0.15, 0.2) is 111 Å². The lowest BCUT2D eigenvalue weighted by atomic mass is 10.2. The zero-order chi connectivity index (χ0) is 27.6. The van der Waals surface area contributed by atoms with Gasteiger partial charge in [-0.25, -0.2) is 4.98 Å². The summed E-state index contributed by atoms with van der Waals surface area (Å²) < 4.78 is 13.2. The van der Waals surface area contributed by atoms with E-state index in [1.807, 2.05) is 36.4 Å². The van der Waals surface area contributed by atoms with Gasteiger partial charge in [-0.15, -0.1) is 0 Å². The first-order valence-electron chi connectivity index (χ1n) is 12.2. The predicted molar refractivity (Wildman–Crippen MR) is 153 cm³/mol. The van der Waals surface area contributed by atoms with Crippen LogP contribution in [0.3, 0.4) is 0 Å². The van der Waals surface area contributed by atoms with E-state index < -0.39 is 4.92 Å². The maximum Gasteiger partial charge on any atom is 0.282 e. The number of halogens is 1. The highest BCUT2D eigenvalue weighted by Crippen LogP contribution is 2.28. The molecule has 0 bridgehead atoms. The molecule has 9 nitrogen and oxygen atoms in total. The summed E-state index contributed by atoms with van der Waals surface area (Å²) in [6, 6.07) is 27.5. The molecule has 0 radical (unpaired) electrons. The number of non-ortho nitro benzene ring substituents is 1. The molecule has 2 heterocycles. The summed E-state index contributed by atoms with van der Waals surface area (Å²) in [5, 5.41) is 17.3. The van der Waals surface area contributed by atoms with Crippen LogP contribution in [-0.4, -0.2) is 20.8 Å². The van der Waals surface area contributed by atoms with Crippen LogP contribution in [0.1, 0.15) is 11.1 Å². The molecule has 0 aliphatic carbocycles. The maximum atomic E-state index is 13.6. The highest BCUT2D eigenvalue weighted by atomic mass is 35.5. The molecule has 0 atom stereocenters. The number of para-hydroxylation sites is 2. The van der Waals surface area contributed by atoms with Crippen molar-refractivity contribution in [2.75, 3.05) is 0 Å². The van der Waals surface area contributed by atoms with Gasteiger partial charge >= 0.3 is 0 Å². The van der Waals surface area contributed by atoms with Crippen molar-refractivity contribution in [2.45, 2.75) is 6.61 Å². The molecule has 10 heteroatoms. The Balaban J connectivity index is 1.41. The first-order valence-corrected chi connectivity index (χ1v) is 12.5. The molecule has 0 spiro atoms. The van der Waals surface area contributed by atoms with Crippen LogP contribution >= 0.6 is 11.6 Å². The van der Waals surface area contributed by atoms with Crippen LogP contribution < -0.4 is 10.3 Å². The third kappa shape index (κ3) is 4.93. The average Bonchev–Trinajstić information content (AvgIpc) is 3.40. The van der Waals surface area contributed by atoms with Crippen molar-refractivity contribution in [1.82, 2.24) is 9.66 Å². The number of nitro benzene ring substituents is 1. The van der Waals surface area contributed by atoms with E-state index in [0.717, 1.165) is 5.39 Å². The van der Waals surface area contributed by atoms with E-state index in [0.29, 0.717) is 44.1 Å². The van der Waals surface area contributed by atoms with Crippen molar-refractivity contribution in [3.8, 4) is 17.3 Å². The number of benzene rings is 4. The molecule has 4 aromatic carbocycles. The predicted octanol–water partition coefficient (Wildman–Crippen LogP) is 6.83. The molecule has 0 N–H and O–H groups in total. The number of ether oxygens (including phenoxy) is 1. The Morgan fingerprint density at radius 3 is 2.67 bits per heavy atom. The van der Waals surface area contributed by atoms with Gasteiger partial charge < -0.3 is 9.15 Å². The Morgan fingerprint density at radius 2 is 1.82 bits per heavy atom. The number of fused-ring (bicyclic) bond motifs is 2. The van der Waals surface area contributed by atoms with E-state index in [1.54, 1.807) is 48.5 Å². The molecule has 0 aliphatic rings. The molecule has 40 heavy (non-hydrogen) atoms. The Labute approximate surface area is 231 Å². The Morgan fingerprint density at radius 1 is 1.00 bits per heavy atom. The standard InChI is InChI=1S/C30H19ClN4O5/c31-22-12-13-26(39-18-19-6-5-8-23(14-19)35(37)38)21(15-22)17-32-34-29(28-16-20-7-1-4-11-27(20)40-28)33-25-10-3-2-9-24(25)30(34)36/h1-17H,18H2. The van der Waals surface area contributed by atoms with Crippen LogP contribution in [-0.2, 0) is 6.61 Å². The van der Waals surface area contributed by atoms with E-state index in [2.05, 4.69) is 5.10 Å². The van der Waals surface area contributed by atoms with Crippen molar-refractivity contribution < 1.29 is 14.1 Å². The first-order chi connectivity index (χ1) is 19.5. The second-order valence-corrected chi connectivity index (χ2v) is 9.30. The van der Waals surface area contributed by atoms with Crippen molar-refractivity contribution in [1.29, 1.82) is 0 Å². The normalized spacial score (nSPS) is 11.4. The average molecular weight is 551 g/mol. The zero-order valence-electron chi connectivity index (χ0n) is 20.7. The van der Waals surface area contributed by atoms with Crippen LogP contribution in [0, 0.1) is 10.1 Å². The van der Waals surface area contributed by atoms with Gasteiger partial charge in [0.2, 0.25) is 5.82 Å². The fraction of sp³-hybridized carbons (Fsp3) is 0.0333. The minimum atomic E-state index is -0.460. The lowest BCUT2D eigenvalue weighted by molar-refractivity contribution is -0.384. The van der Waals surface area contributed by atoms with Gasteiger partial charge in [0, 0.05) is 28.1 Å². The molecule has 196 valence electrons. The Hall–Kier alpha value is -5.28. The summed E-state index contributed by atoms with van der Waals surface area (Å²) in [4.78, 5) is 28.9. The molecule has 0 unspecified atom stereocenters. The molecule has 0 saturated heterocycles. The number of hydrogen-bond donors (Lipinski definition) is 0. The quantitative estimate of drug-likeness (QED) is 0.122. The van der Waals surface area contributed by atoms with Crippen LogP contribution in [0.25, 0.3) is 33.5 Å². The van der Waals surface area contributed by atoms with E-state index in [4.69, 9.17) is 25.7 Å². The number of nitro groups is 1. The maximum absolute atomic E-state index is 13.6. The van der Waals surface area contributed by atoms with Gasteiger partial charge in [-0.3, -0.25) is 14.9 Å². The SMILES string of the molecule is O=c1c2ccccc2nc(-c2cc3ccccc3o2)n1N=Cc1cc(Cl)ccc1OCc1cccc([N+](=O)[O-])c1. The molecule has 6 rings (SSSR count). The Bertz CT molecular complexity index is 1960. The second-order valence-electron chi connectivity index (χ2n) is 8.86. The van der Waals surface area contributed by atoms with Crippen molar-refractivity contribution in [2.24, 2.45) is 5.10 Å². The Kier molecular flexibility index (Phi) is 6.55. The summed E-state index contributed by atoms with van der Waals surface area (Å²) in [6.45, 7) is 0.0753. The summed E-state index contributed by atoms with van der Waals surface area (Å²) in [6.07, 6.45) is 1.46. The fourth-order valence-corrected chi connectivity index (χ4v) is 4.46. The largest absolute Gasteiger partial charge is 0.488 e. The lowest BCUT2D eigenvalue weighted by Gasteiger charge is -2.10. The zero-order valence-corrected chi connectivity index (χ0v) is 21.5. The van der Waals surface area contributed by atoms with E-state index in [9.17, 15) is 14.9 Å². The molecule has 0 amide bonds. The minimum absolute atomic E-state index is 0.0275. The number of furan rings is 1. The van der Waals surface area contributed by atoms with Crippen molar-refractivity contribution in [3.63, 3.8) is 0 Å². The van der Waals surface area contributed by atoms with Gasteiger partial charge in [-0.05, 0) is 48.0 Å². The highest BCUT2D eigenvalue weighted by Gasteiger charge is 2.17. The van der Waals surface area contributed by atoms with Gasteiger partial charge in [0.1, 0.15) is 17.9 Å². The topological polar surface area (TPSA) is 113 Å².